The number of nitrogens with zero attached hydrogens (tertiary/aromatic N) is 2. The quantitative estimate of drug-likeness (QED) is 0.513. The SMILES string of the molecule is CC(=O)N1CCC(CCCO)CC1.CC(=O)OCCCC1CCN(C(C)=O)CC1. The van der Waals surface area contributed by atoms with Crippen molar-refractivity contribution in [2.24, 2.45) is 11.8 Å². The molecule has 2 heterocycles. The molecule has 0 aromatic heterocycles. The molecular weight excluding hydrogens is 372 g/mol. The molecule has 0 unspecified atom stereocenters. The van der Waals surface area contributed by atoms with Crippen molar-refractivity contribution < 1.29 is 24.2 Å². The largest absolute Gasteiger partial charge is 0.466 e. The molecule has 2 saturated heterocycles. The number of carbonyl (C=O) groups is 3. The van der Waals surface area contributed by atoms with Gasteiger partial charge in [-0.2, -0.15) is 0 Å². The monoisotopic (exact) mass is 412 g/mol. The summed E-state index contributed by atoms with van der Waals surface area (Å²) in [5.74, 6) is 1.58. The van der Waals surface area contributed by atoms with Gasteiger partial charge in [0.2, 0.25) is 11.8 Å². The predicted molar refractivity (Wildman–Crippen MR) is 112 cm³/mol. The van der Waals surface area contributed by atoms with Gasteiger partial charge in [0.1, 0.15) is 0 Å². The van der Waals surface area contributed by atoms with Gasteiger partial charge in [-0.15, -0.1) is 0 Å². The van der Waals surface area contributed by atoms with Crippen molar-refractivity contribution in [3.63, 3.8) is 0 Å². The zero-order valence-corrected chi connectivity index (χ0v) is 18.5. The first-order valence-corrected chi connectivity index (χ1v) is 11.1. The zero-order valence-electron chi connectivity index (χ0n) is 18.5. The fraction of sp³-hybridized carbons (Fsp3) is 0.864. The molecule has 0 radical (unpaired) electrons. The standard InChI is InChI=1S/C12H21NO3.C10H19NO2/c1-10(14)13-7-5-12(6-8-13)4-3-9-16-11(2)15;1-9(13)11-6-4-10(5-7-11)3-2-8-12/h12H,3-9H2,1-2H3;10,12H,2-8H2,1H3. The van der Waals surface area contributed by atoms with Crippen LogP contribution in [0.5, 0.6) is 0 Å². The van der Waals surface area contributed by atoms with E-state index in [9.17, 15) is 14.4 Å². The van der Waals surface area contributed by atoms with E-state index in [-0.39, 0.29) is 17.8 Å². The topological polar surface area (TPSA) is 87.2 Å². The van der Waals surface area contributed by atoms with Crippen LogP contribution in [-0.2, 0) is 19.1 Å². The summed E-state index contributed by atoms with van der Waals surface area (Å²) in [6.45, 7) is 9.10. The maximum atomic E-state index is 11.1. The number of esters is 1. The van der Waals surface area contributed by atoms with Crippen molar-refractivity contribution >= 4 is 17.8 Å². The average Bonchev–Trinajstić information content (AvgIpc) is 2.70. The van der Waals surface area contributed by atoms with Gasteiger partial charge in [-0.3, -0.25) is 14.4 Å². The maximum absolute atomic E-state index is 11.1. The second-order valence-electron chi connectivity index (χ2n) is 8.25. The van der Waals surface area contributed by atoms with E-state index in [1.54, 1.807) is 13.8 Å². The summed E-state index contributed by atoms with van der Waals surface area (Å²) in [6.07, 6.45) is 8.44. The van der Waals surface area contributed by atoms with Gasteiger partial charge in [0.25, 0.3) is 0 Å². The van der Waals surface area contributed by atoms with Crippen LogP contribution < -0.4 is 0 Å². The second kappa shape index (κ2) is 14.4. The lowest BCUT2D eigenvalue weighted by Gasteiger charge is -2.31. The number of rotatable bonds is 7. The number of piperidine rings is 2. The zero-order chi connectivity index (χ0) is 21.6. The van der Waals surface area contributed by atoms with E-state index in [0.717, 1.165) is 83.5 Å². The molecule has 2 aliphatic heterocycles. The number of likely N-dealkylation sites (tertiary alicyclic amines) is 2. The van der Waals surface area contributed by atoms with E-state index in [1.807, 2.05) is 9.80 Å². The van der Waals surface area contributed by atoms with E-state index >= 15 is 0 Å². The van der Waals surface area contributed by atoms with Crippen LogP contribution in [0.25, 0.3) is 0 Å². The molecule has 29 heavy (non-hydrogen) atoms. The molecule has 0 spiro atoms. The van der Waals surface area contributed by atoms with Crippen molar-refractivity contribution in [3.8, 4) is 0 Å². The van der Waals surface area contributed by atoms with E-state index in [1.165, 1.54) is 6.92 Å². The molecule has 7 heteroatoms. The Hall–Kier alpha value is -1.63. The van der Waals surface area contributed by atoms with Crippen LogP contribution in [0, 0.1) is 11.8 Å². The number of amides is 2. The molecule has 0 atom stereocenters. The highest BCUT2D eigenvalue weighted by Crippen LogP contribution is 2.22. The third-order valence-corrected chi connectivity index (χ3v) is 5.95. The fourth-order valence-electron chi connectivity index (χ4n) is 4.04. The Labute approximate surface area is 175 Å². The van der Waals surface area contributed by atoms with Gasteiger partial charge in [0.15, 0.2) is 0 Å². The number of hydrogen-bond acceptors (Lipinski definition) is 5. The smallest absolute Gasteiger partial charge is 0.302 e. The van der Waals surface area contributed by atoms with Gasteiger partial charge >= 0.3 is 5.97 Å². The van der Waals surface area contributed by atoms with Gasteiger partial charge in [0, 0.05) is 53.6 Å². The molecule has 1 N–H and O–H groups in total. The first-order chi connectivity index (χ1) is 13.8. The Kier molecular flexibility index (Phi) is 12.6. The van der Waals surface area contributed by atoms with Crippen LogP contribution in [0.4, 0.5) is 0 Å². The second-order valence-corrected chi connectivity index (χ2v) is 8.25. The lowest BCUT2D eigenvalue weighted by atomic mass is 9.92. The predicted octanol–water partition coefficient (Wildman–Crippen LogP) is 2.61. The highest BCUT2D eigenvalue weighted by atomic mass is 16.5. The first-order valence-electron chi connectivity index (χ1n) is 11.1. The molecule has 168 valence electrons. The van der Waals surface area contributed by atoms with Crippen molar-refractivity contribution in [1.29, 1.82) is 0 Å². The van der Waals surface area contributed by atoms with Crippen LogP contribution in [0.15, 0.2) is 0 Å². The Morgan fingerprint density at radius 3 is 1.55 bits per heavy atom. The van der Waals surface area contributed by atoms with Crippen LogP contribution >= 0.6 is 0 Å². The summed E-state index contributed by atoms with van der Waals surface area (Å²) < 4.78 is 4.89. The van der Waals surface area contributed by atoms with Crippen molar-refractivity contribution in [2.75, 3.05) is 39.4 Å². The molecular formula is C22H40N2O5. The van der Waals surface area contributed by atoms with Gasteiger partial charge in [-0.1, -0.05) is 0 Å². The summed E-state index contributed by atoms with van der Waals surface area (Å²) in [5, 5.41) is 8.67. The summed E-state index contributed by atoms with van der Waals surface area (Å²) in [4.78, 5) is 36.5. The molecule has 0 aliphatic carbocycles. The molecule has 2 amide bonds. The summed E-state index contributed by atoms with van der Waals surface area (Å²) in [5.41, 5.74) is 0. The third kappa shape index (κ3) is 11.2. The summed E-state index contributed by atoms with van der Waals surface area (Å²) in [6, 6.07) is 0. The Balaban J connectivity index is 0.000000296. The number of ether oxygens (including phenoxy) is 1. The fourth-order valence-corrected chi connectivity index (χ4v) is 4.04. The Bertz CT molecular complexity index is 495. The molecule has 0 saturated carbocycles. The third-order valence-electron chi connectivity index (χ3n) is 5.95. The van der Waals surface area contributed by atoms with Crippen molar-refractivity contribution in [3.05, 3.63) is 0 Å². The highest BCUT2D eigenvalue weighted by Gasteiger charge is 2.20. The van der Waals surface area contributed by atoms with Gasteiger partial charge in [0.05, 0.1) is 6.61 Å². The molecule has 0 bridgehead atoms. The number of hydrogen-bond donors (Lipinski definition) is 1. The minimum Gasteiger partial charge on any atom is -0.466 e. The van der Waals surface area contributed by atoms with E-state index in [2.05, 4.69) is 0 Å². The van der Waals surface area contributed by atoms with E-state index < -0.39 is 0 Å². The van der Waals surface area contributed by atoms with Crippen molar-refractivity contribution in [1.82, 2.24) is 9.80 Å². The van der Waals surface area contributed by atoms with E-state index in [0.29, 0.717) is 19.1 Å². The number of carbonyl (C=O) groups excluding carboxylic acids is 3. The average molecular weight is 413 g/mol. The molecule has 2 aliphatic rings. The summed E-state index contributed by atoms with van der Waals surface area (Å²) in [7, 11) is 0. The van der Waals surface area contributed by atoms with Gasteiger partial charge in [-0.05, 0) is 63.2 Å². The minimum absolute atomic E-state index is 0.179. The van der Waals surface area contributed by atoms with Gasteiger partial charge in [-0.25, -0.2) is 0 Å². The number of aliphatic hydroxyl groups excluding tert-OH is 1. The van der Waals surface area contributed by atoms with Crippen molar-refractivity contribution in [2.45, 2.75) is 72.1 Å². The minimum atomic E-state index is -0.202. The molecule has 7 nitrogen and oxygen atoms in total. The van der Waals surface area contributed by atoms with Crippen LogP contribution in [0.3, 0.4) is 0 Å². The van der Waals surface area contributed by atoms with E-state index in [4.69, 9.17) is 9.84 Å². The van der Waals surface area contributed by atoms with Crippen LogP contribution in [0.2, 0.25) is 0 Å². The molecule has 2 fully saturated rings. The van der Waals surface area contributed by atoms with Gasteiger partial charge < -0.3 is 19.6 Å². The first kappa shape index (κ1) is 25.4. The Morgan fingerprint density at radius 2 is 1.21 bits per heavy atom. The number of aliphatic hydroxyl groups is 1. The highest BCUT2D eigenvalue weighted by molar-refractivity contribution is 5.73. The Morgan fingerprint density at radius 1 is 0.793 bits per heavy atom. The molecule has 0 aromatic carbocycles. The lowest BCUT2D eigenvalue weighted by Crippen LogP contribution is -2.37. The van der Waals surface area contributed by atoms with Crippen LogP contribution in [0.1, 0.15) is 72.1 Å². The molecule has 2 rings (SSSR count). The molecule has 0 aromatic rings. The maximum Gasteiger partial charge on any atom is 0.302 e. The van der Waals surface area contributed by atoms with Crippen LogP contribution in [-0.4, -0.2) is 72.1 Å². The summed E-state index contributed by atoms with van der Waals surface area (Å²) >= 11 is 0. The lowest BCUT2D eigenvalue weighted by molar-refractivity contribution is -0.141. The normalized spacial score (nSPS) is 18.1.